The van der Waals surface area contributed by atoms with Gasteiger partial charge in [0, 0.05) is 12.4 Å². The quantitative estimate of drug-likeness (QED) is 0.607. The van der Waals surface area contributed by atoms with Gasteiger partial charge in [0.05, 0.1) is 17.5 Å². The van der Waals surface area contributed by atoms with Crippen LogP contribution in [0.25, 0.3) is 11.4 Å². The number of nitrogens with zero attached hydrogens (tertiary/aromatic N) is 2. The number of carbonyl (C=O) groups is 2. The van der Waals surface area contributed by atoms with Crippen LogP contribution in [0.5, 0.6) is 0 Å². The van der Waals surface area contributed by atoms with Crippen LogP contribution in [0, 0.1) is 0 Å². The van der Waals surface area contributed by atoms with Crippen molar-refractivity contribution in [3.8, 4) is 11.4 Å². The number of rotatable bonds is 3. The van der Waals surface area contributed by atoms with E-state index in [0.717, 1.165) is 0 Å². The highest BCUT2D eigenvalue weighted by molar-refractivity contribution is 6.02. The molecular formula is C10H10N6O2. The Balaban J connectivity index is 2.45. The van der Waals surface area contributed by atoms with Gasteiger partial charge < -0.3 is 16.5 Å². The van der Waals surface area contributed by atoms with Crippen molar-refractivity contribution in [2.75, 3.05) is 5.32 Å². The van der Waals surface area contributed by atoms with E-state index in [1.807, 2.05) is 0 Å². The van der Waals surface area contributed by atoms with E-state index in [1.165, 1.54) is 24.7 Å². The fourth-order valence-electron chi connectivity index (χ4n) is 1.45. The van der Waals surface area contributed by atoms with Crippen LogP contribution in [-0.2, 0) is 0 Å². The van der Waals surface area contributed by atoms with Crippen molar-refractivity contribution in [2.24, 2.45) is 11.5 Å². The lowest BCUT2D eigenvalue weighted by Gasteiger charge is -2.00. The summed E-state index contributed by atoms with van der Waals surface area (Å²) < 4.78 is 0. The Hall–Kier alpha value is -2.90. The van der Waals surface area contributed by atoms with Crippen molar-refractivity contribution in [2.45, 2.75) is 0 Å². The molecule has 0 saturated carbocycles. The molecule has 8 nitrogen and oxygen atoms in total. The molecule has 18 heavy (non-hydrogen) atoms. The first-order valence-electron chi connectivity index (χ1n) is 4.93. The van der Waals surface area contributed by atoms with Crippen molar-refractivity contribution in [1.29, 1.82) is 0 Å². The van der Waals surface area contributed by atoms with Gasteiger partial charge in [0.25, 0.3) is 5.91 Å². The fraction of sp³-hybridized carbons (Fsp3) is 0. The number of aromatic nitrogens is 3. The van der Waals surface area contributed by atoms with Gasteiger partial charge in [-0.1, -0.05) is 0 Å². The Morgan fingerprint density at radius 2 is 2.06 bits per heavy atom. The van der Waals surface area contributed by atoms with E-state index in [-0.39, 0.29) is 11.4 Å². The van der Waals surface area contributed by atoms with Crippen LogP contribution in [-0.4, -0.2) is 26.9 Å². The van der Waals surface area contributed by atoms with Crippen molar-refractivity contribution in [1.82, 2.24) is 15.0 Å². The van der Waals surface area contributed by atoms with Gasteiger partial charge in [0.2, 0.25) is 0 Å². The highest BCUT2D eigenvalue weighted by atomic mass is 16.2. The molecule has 3 amide bonds. The van der Waals surface area contributed by atoms with Gasteiger partial charge in [-0.3, -0.25) is 20.1 Å². The first-order valence-corrected chi connectivity index (χ1v) is 4.93. The highest BCUT2D eigenvalue weighted by Gasteiger charge is 2.15. The second-order valence-corrected chi connectivity index (χ2v) is 3.42. The molecule has 2 aromatic rings. The van der Waals surface area contributed by atoms with Gasteiger partial charge >= 0.3 is 6.03 Å². The fourth-order valence-corrected chi connectivity index (χ4v) is 1.45. The molecule has 2 heterocycles. The molecule has 0 aliphatic rings. The van der Waals surface area contributed by atoms with Crippen molar-refractivity contribution in [3.05, 3.63) is 30.2 Å². The van der Waals surface area contributed by atoms with Crippen LogP contribution < -0.4 is 16.8 Å². The summed E-state index contributed by atoms with van der Waals surface area (Å²) in [6, 6.07) is 0.669. The van der Waals surface area contributed by atoms with Gasteiger partial charge in [-0.15, -0.1) is 0 Å². The second-order valence-electron chi connectivity index (χ2n) is 3.42. The average molecular weight is 246 g/mol. The monoisotopic (exact) mass is 246 g/mol. The lowest BCUT2D eigenvalue weighted by Crippen LogP contribution is -2.22. The number of hydrogen-bond donors (Lipinski definition) is 4. The normalized spacial score (nSPS) is 10.0. The number of nitrogens with two attached hydrogens (primary N) is 2. The standard InChI is InChI=1S/C10H10N6O2/c11-8(17)5-3-6(7-4-13-1-2-14-7)15-9(5)16-10(12)18/h1-4,15H,(H2,11,17)(H3,12,16,18). The average Bonchev–Trinajstić information content (AvgIpc) is 2.73. The number of aromatic amines is 1. The predicted octanol–water partition coefficient (Wildman–Crippen LogP) is 0.0612. The SMILES string of the molecule is NC(=O)Nc1[nH]c(-c2cnccn2)cc1C(N)=O. The molecule has 0 aliphatic carbocycles. The molecule has 92 valence electrons. The molecule has 0 unspecified atom stereocenters. The van der Waals surface area contributed by atoms with E-state index in [9.17, 15) is 9.59 Å². The first kappa shape index (κ1) is 11.6. The minimum atomic E-state index is -0.801. The largest absolute Gasteiger partial charge is 0.365 e. The number of amides is 3. The topological polar surface area (TPSA) is 140 Å². The number of primary amides is 2. The maximum absolute atomic E-state index is 11.2. The van der Waals surface area contributed by atoms with Crippen molar-refractivity contribution in [3.63, 3.8) is 0 Å². The van der Waals surface area contributed by atoms with E-state index in [1.54, 1.807) is 0 Å². The maximum atomic E-state index is 11.2. The number of hydrogen-bond acceptors (Lipinski definition) is 4. The Bertz CT molecular complexity index is 592. The van der Waals surface area contributed by atoms with Crippen LogP contribution in [0.3, 0.4) is 0 Å². The Morgan fingerprint density at radius 1 is 1.28 bits per heavy atom. The molecule has 0 bridgehead atoms. The van der Waals surface area contributed by atoms with Gasteiger partial charge in [0.1, 0.15) is 11.5 Å². The molecule has 0 fully saturated rings. The lowest BCUT2D eigenvalue weighted by molar-refractivity contribution is 0.100. The molecule has 0 saturated heterocycles. The Labute approximate surface area is 101 Å². The number of urea groups is 1. The molecule has 6 N–H and O–H groups in total. The summed E-state index contributed by atoms with van der Waals surface area (Å²) in [7, 11) is 0. The first-order chi connectivity index (χ1) is 8.58. The molecule has 0 spiro atoms. The zero-order valence-corrected chi connectivity index (χ0v) is 9.18. The zero-order valence-electron chi connectivity index (χ0n) is 9.18. The lowest BCUT2D eigenvalue weighted by atomic mass is 10.2. The van der Waals surface area contributed by atoms with Crippen LogP contribution in [0.4, 0.5) is 10.6 Å². The number of nitrogens with one attached hydrogen (secondary N) is 2. The van der Waals surface area contributed by atoms with Gasteiger partial charge in [-0.2, -0.15) is 0 Å². The van der Waals surface area contributed by atoms with Crippen molar-refractivity contribution >= 4 is 17.8 Å². The maximum Gasteiger partial charge on any atom is 0.317 e. The molecule has 0 atom stereocenters. The van der Waals surface area contributed by atoms with Crippen LogP contribution >= 0.6 is 0 Å². The molecule has 2 aromatic heterocycles. The summed E-state index contributed by atoms with van der Waals surface area (Å²) in [5.74, 6) is -0.555. The van der Waals surface area contributed by atoms with E-state index in [0.29, 0.717) is 11.4 Å². The Morgan fingerprint density at radius 3 is 2.61 bits per heavy atom. The smallest absolute Gasteiger partial charge is 0.317 e. The third-order valence-electron chi connectivity index (χ3n) is 2.17. The minimum absolute atomic E-state index is 0.120. The number of H-pyrrole nitrogens is 1. The van der Waals surface area contributed by atoms with Gasteiger partial charge in [-0.25, -0.2) is 4.79 Å². The Kier molecular flexibility index (Phi) is 2.92. The van der Waals surface area contributed by atoms with Crippen LogP contribution in [0.15, 0.2) is 24.7 Å². The van der Waals surface area contributed by atoms with E-state index in [4.69, 9.17) is 11.5 Å². The third kappa shape index (κ3) is 2.26. The summed E-state index contributed by atoms with van der Waals surface area (Å²) >= 11 is 0. The van der Waals surface area contributed by atoms with E-state index < -0.39 is 11.9 Å². The summed E-state index contributed by atoms with van der Waals surface area (Å²) in [4.78, 5) is 32.8. The molecule has 0 radical (unpaired) electrons. The summed E-state index contributed by atoms with van der Waals surface area (Å²) in [6.07, 6.45) is 4.52. The molecular weight excluding hydrogens is 236 g/mol. The highest BCUT2D eigenvalue weighted by Crippen LogP contribution is 2.22. The summed E-state index contributed by atoms with van der Waals surface area (Å²) in [6.45, 7) is 0. The summed E-state index contributed by atoms with van der Waals surface area (Å²) in [5.41, 5.74) is 11.3. The molecule has 8 heteroatoms. The minimum Gasteiger partial charge on any atom is -0.365 e. The molecule has 0 aliphatic heterocycles. The zero-order chi connectivity index (χ0) is 13.1. The van der Waals surface area contributed by atoms with E-state index >= 15 is 0 Å². The molecule has 2 rings (SSSR count). The second kappa shape index (κ2) is 4.53. The predicted molar refractivity (Wildman–Crippen MR) is 63.5 cm³/mol. The number of carbonyl (C=O) groups excluding carboxylic acids is 2. The van der Waals surface area contributed by atoms with E-state index in [2.05, 4.69) is 20.3 Å². The third-order valence-corrected chi connectivity index (χ3v) is 2.17. The van der Waals surface area contributed by atoms with Crippen molar-refractivity contribution < 1.29 is 9.59 Å². The molecule has 0 aromatic carbocycles. The van der Waals surface area contributed by atoms with Crippen LogP contribution in [0.2, 0.25) is 0 Å². The van der Waals surface area contributed by atoms with Gasteiger partial charge in [0.15, 0.2) is 0 Å². The number of anilines is 1. The van der Waals surface area contributed by atoms with Crippen LogP contribution in [0.1, 0.15) is 10.4 Å². The van der Waals surface area contributed by atoms with Gasteiger partial charge in [-0.05, 0) is 6.07 Å². The summed E-state index contributed by atoms with van der Waals surface area (Å²) in [5, 5.41) is 2.28.